The van der Waals surface area contributed by atoms with Crippen LogP contribution in [0.15, 0.2) is 12.4 Å². The molecule has 0 aliphatic heterocycles. The average molecular weight is 302 g/mol. The van der Waals surface area contributed by atoms with Crippen LogP contribution in [0, 0.1) is 0 Å². The summed E-state index contributed by atoms with van der Waals surface area (Å²) in [6.07, 6.45) is 6.54. The molecule has 0 saturated heterocycles. The molecule has 2 nitrogen and oxygen atoms in total. The molecule has 0 saturated carbocycles. The molecule has 0 aromatic carbocycles. The van der Waals surface area contributed by atoms with Crippen molar-refractivity contribution in [3.8, 4) is 0 Å². The van der Waals surface area contributed by atoms with Gasteiger partial charge in [-0.25, -0.2) is 4.98 Å². The summed E-state index contributed by atoms with van der Waals surface area (Å²) in [4.78, 5) is 7.55. The van der Waals surface area contributed by atoms with Crippen LogP contribution in [0.3, 0.4) is 0 Å². The predicted molar refractivity (Wildman–Crippen MR) is 78.1 cm³/mol. The Morgan fingerprint density at radius 1 is 0.905 bits per heavy atom. The van der Waals surface area contributed by atoms with Crippen molar-refractivity contribution in [1.29, 1.82) is 0 Å². The number of hydrogen-bond acceptors (Lipinski definition) is 2. The summed E-state index contributed by atoms with van der Waals surface area (Å²) < 4.78 is 37.5. The van der Waals surface area contributed by atoms with Crippen molar-refractivity contribution >= 4 is 0 Å². The normalized spacial score (nSPS) is 13.4. The van der Waals surface area contributed by atoms with E-state index in [1.54, 1.807) is 0 Å². The molecule has 1 aromatic heterocycles. The molecule has 0 fully saturated rings. The van der Waals surface area contributed by atoms with Crippen LogP contribution in [0.2, 0.25) is 0 Å². The molecule has 1 unspecified atom stereocenters. The van der Waals surface area contributed by atoms with Gasteiger partial charge in [-0.2, -0.15) is 13.2 Å². The molecule has 0 bridgehead atoms. The summed E-state index contributed by atoms with van der Waals surface area (Å²) in [6.45, 7) is 4.28. The summed E-state index contributed by atoms with van der Waals surface area (Å²) in [6, 6.07) is 0. The van der Waals surface area contributed by atoms with Gasteiger partial charge in [0.15, 0.2) is 5.69 Å². The van der Waals surface area contributed by atoms with Gasteiger partial charge in [0.25, 0.3) is 0 Å². The van der Waals surface area contributed by atoms with Crippen LogP contribution in [-0.2, 0) is 6.18 Å². The first-order valence-electron chi connectivity index (χ1n) is 7.88. The summed E-state index contributed by atoms with van der Waals surface area (Å²) in [5, 5.41) is 0. The molecule has 0 amide bonds. The van der Waals surface area contributed by atoms with E-state index in [0.29, 0.717) is 5.69 Å². The largest absolute Gasteiger partial charge is 0.434 e. The highest BCUT2D eigenvalue weighted by molar-refractivity contribution is 5.09. The Morgan fingerprint density at radius 2 is 1.57 bits per heavy atom. The van der Waals surface area contributed by atoms with Gasteiger partial charge in [0, 0.05) is 12.1 Å². The molecular weight excluding hydrogens is 277 g/mol. The minimum Gasteiger partial charge on any atom is -0.257 e. The molecule has 5 heteroatoms. The van der Waals surface area contributed by atoms with E-state index in [1.165, 1.54) is 25.5 Å². The maximum Gasteiger partial charge on any atom is 0.434 e. The van der Waals surface area contributed by atoms with Gasteiger partial charge in [0.1, 0.15) is 0 Å². The Morgan fingerprint density at radius 3 is 2.10 bits per heavy atom. The van der Waals surface area contributed by atoms with Crippen LogP contribution in [0.5, 0.6) is 0 Å². The Hall–Kier alpha value is -1.13. The second kappa shape index (κ2) is 9.00. The minimum absolute atomic E-state index is 0.233. The fraction of sp³-hybridized carbons (Fsp3) is 0.750. The van der Waals surface area contributed by atoms with E-state index >= 15 is 0 Å². The standard InChI is InChI=1S/C16H25F3N2/c1-3-5-7-8-10-13(9-6-4-2)14-11-21-15(12-20-14)16(17,18)19/h11-13H,3-10H2,1-2H3. The molecular formula is C16H25F3N2. The van der Waals surface area contributed by atoms with E-state index in [1.807, 2.05) is 0 Å². The fourth-order valence-corrected chi connectivity index (χ4v) is 2.40. The van der Waals surface area contributed by atoms with Crippen molar-refractivity contribution in [2.45, 2.75) is 77.3 Å². The Bertz CT molecular complexity index is 388. The average Bonchev–Trinajstić information content (AvgIpc) is 2.46. The molecule has 120 valence electrons. The molecule has 0 aliphatic carbocycles. The van der Waals surface area contributed by atoms with E-state index in [9.17, 15) is 13.2 Å². The van der Waals surface area contributed by atoms with Gasteiger partial charge in [-0.15, -0.1) is 0 Å². The Labute approximate surface area is 125 Å². The molecule has 1 aromatic rings. The summed E-state index contributed by atoms with van der Waals surface area (Å²) in [5.41, 5.74) is -0.209. The third kappa shape index (κ3) is 6.44. The zero-order valence-corrected chi connectivity index (χ0v) is 12.9. The number of aromatic nitrogens is 2. The van der Waals surface area contributed by atoms with Gasteiger partial charge in [0.05, 0.1) is 11.9 Å². The van der Waals surface area contributed by atoms with Gasteiger partial charge in [-0.05, 0) is 12.8 Å². The highest BCUT2D eigenvalue weighted by Crippen LogP contribution is 2.30. The van der Waals surface area contributed by atoms with Crippen molar-refractivity contribution in [1.82, 2.24) is 9.97 Å². The Kier molecular flexibility index (Phi) is 7.68. The second-order valence-corrected chi connectivity index (χ2v) is 5.51. The van der Waals surface area contributed by atoms with Gasteiger partial charge >= 0.3 is 6.18 Å². The first kappa shape index (κ1) is 17.9. The monoisotopic (exact) mass is 302 g/mol. The molecule has 0 spiro atoms. The number of halogens is 3. The first-order chi connectivity index (χ1) is 9.99. The highest BCUT2D eigenvalue weighted by atomic mass is 19.4. The lowest BCUT2D eigenvalue weighted by Crippen LogP contribution is -2.11. The maximum atomic E-state index is 12.5. The summed E-state index contributed by atoms with van der Waals surface area (Å²) in [7, 11) is 0. The van der Waals surface area contributed by atoms with Crippen molar-refractivity contribution < 1.29 is 13.2 Å². The topological polar surface area (TPSA) is 25.8 Å². The van der Waals surface area contributed by atoms with Crippen LogP contribution < -0.4 is 0 Å². The Balaban J connectivity index is 2.68. The van der Waals surface area contributed by atoms with E-state index in [2.05, 4.69) is 23.8 Å². The van der Waals surface area contributed by atoms with Gasteiger partial charge < -0.3 is 0 Å². The lowest BCUT2D eigenvalue weighted by molar-refractivity contribution is -0.141. The molecule has 1 rings (SSSR count). The van der Waals surface area contributed by atoms with Gasteiger partial charge in [-0.1, -0.05) is 52.4 Å². The third-order valence-corrected chi connectivity index (χ3v) is 3.69. The zero-order chi connectivity index (χ0) is 15.7. The molecule has 0 N–H and O–H groups in total. The number of alkyl halides is 3. The smallest absolute Gasteiger partial charge is 0.257 e. The fourth-order valence-electron chi connectivity index (χ4n) is 2.40. The predicted octanol–water partition coefficient (Wildman–Crippen LogP) is 5.74. The van der Waals surface area contributed by atoms with Crippen molar-refractivity contribution in [3.05, 3.63) is 23.8 Å². The van der Waals surface area contributed by atoms with E-state index in [4.69, 9.17) is 0 Å². The lowest BCUT2D eigenvalue weighted by atomic mass is 9.92. The van der Waals surface area contributed by atoms with Crippen LogP contribution in [0.1, 0.15) is 82.5 Å². The van der Waals surface area contributed by atoms with Gasteiger partial charge in [0.2, 0.25) is 0 Å². The number of unbranched alkanes of at least 4 members (excludes halogenated alkanes) is 4. The van der Waals surface area contributed by atoms with Crippen molar-refractivity contribution in [3.63, 3.8) is 0 Å². The third-order valence-electron chi connectivity index (χ3n) is 3.69. The van der Waals surface area contributed by atoms with Crippen molar-refractivity contribution in [2.24, 2.45) is 0 Å². The maximum absolute atomic E-state index is 12.5. The van der Waals surface area contributed by atoms with E-state index < -0.39 is 11.9 Å². The van der Waals surface area contributed by atoms with Crippen LogP contribution in [-0.4, -0.2) is 9.97 Å². The minimum atomic E-state index is -4.41. The zero-order valence-electron chi connectivity index (χ0n) is 12.9. The van der Waals surface area contributed by atoms with E-state index in [0.717, 1.165) is 38.3 Å². The molecule has 21 heavy (non-hydrogen) atoms. The highest BCUT2D eigenvalue weighted by Gasteiger charge is 2.33. The first-order valence-corrected chi connectivity index (χ1v) is 7.88. The number of nitrogens with zero attached hydrogens (tertiary/aromatic N) is 2. The lowest BCUT2D eigenvalue weighted by Gasteiger charge is -2.16. The quantitative estimate of drug-likeness (QED) is 0.544. The van der Waals surface area contributed by atoms with Crippen LogP contribution in [0.25, 0.3) is 0 Å². The summed E-state index contributed by atoms with van der Waals surface area (Å²) >= 11 is 0. The van der Waals surface area contributed by atoms with Crippen LogP contribution in [0.4, 0.5) is 13.2 Å². The second-order valence-electron chi connectivity index (χ2n) is 5.51. The molecule has 0 aliphatic rings. The van der Waals surface area contributed by atoms with Gasteiger partial charge in [-0.3, -0.25) is 4.98 Å². The molecule has 1 heterocycles. The summed E-state index contributed by atoms with van der Waals surface area (Å²) in [5.74, 6) is 0.233. The number of rotatable bonds is 9. The van der Waals surface area contributed by atoms with Crippen molar-refractivity contribution in [2.75, 3.05) is 0 Å². The van der Waals surface area contributed by atoms with Crippen LogP contribution >= 0.6 is 0 Å². The number of hydrogen-bond donors (Lipinski definition) is 0. The molecule has 0 radical (unpaired) electrons. The molecule has 1 atom stereocenters. The SMILES string of the molecule is CCCCCCC(CCCC)c1cnc(C(F)(F)F)cn1. The van der Waals surface area contributed by atoms with E-state index in [-0.39, 0.29) is 5.92 Å².